The van der Waals surface area contributed by atoms with Crippen LogP contribution in [0.25, 0.3) is 0 Å². The number of rotatable bonds is 5. The summed E-state index contributed by atoms with van der Waals surface area (Å²) in [6.45, 7) is 4.81. The van der Waals surface area contributed by atoms with Crippen molar-refractivity contribution in [3.05, 3.63) is 0 Å². The molecule has 0 spiro atoms. The second-order valence-corrected chi connectivity index (χ2v) is 5.12. The fourth-order valence-corrected chi connectivity index (χ4v) is 1.68. The Bertz CT molecular complexity index is 406. The lowest BCUT2D eigenvalue weighted by Gasteiger charge is -2.09. The first kappa shape index (κ1) is 16.4. The highest BCUT2D eigenvalue weighted by Gasteiger charge is 2.52. The molecule has 2 aliphatic rings. The second-order valence-electron chi connectivity index (χ2n) is 5.12. The van der Waals surface area contributed by atoms with Crippen LogP contribution >= 0.6 is 0 Å². The predicted octanol–water partition coefficient (Wildman–Crippen LogP) is 1.14. The van der Waals surface area contributed by atoms with Crippen molar-refractivity contribution in [3.63, 3.8) is 0 Å². The molecule has 0 aliphatic heterocycles. The van der Waals surface area contributed by atoms with Crippen LogP contribution in [-0.2, 0) is 19.1 Å². The van der Waals surface area contributed by atoms with Gasteiger partial charge in [0.05, 0.1) is 24.7 Å². The Kier molecular flexibility index (Phi) is 5.52. The molecule has 2 aliphatic carbocycles. The molecule has 0 aromatic carbocycles. The molecule has 0 amide bonds. The average molecular weight is 282 g/mol. The fourth-order valence-electron chi connectivity index (χ4n) is 1.68. The first-order valence-corrected chi connectivity index (χ1v) is 6.96. The minimum absolute atomic E-state index is 0.113. The topological polar surface area (TPSA) is 102 Å². The summed E-state index contributed by atoms with van der Waals surface area (Å²) in [6.07, 6.45) is 3.15. The van der Waals surface area contributed by atoms with Crippen LogP contribution < -0.4 is 5.73 Å². The summed E-state index contributed by atoms with van der Waals surface area (Å²) in [5, 5.41) is 8.50. The highest BCUT2D eigenvalue weighted by molar-refractivity contribution is 5.83. The van der Waals surface area contributed by atoms with Gasteiger partial charge in [-0.1, -0.05) is 0 Å². The van der Waals surface area contributed by atoms with E-state index >= 15 is 0 Å². The molecule has 20 heavy (non-hydrogen) atoms. The normalized spacial score (nSPS) is 19.7. The molecular formula is C14H22N2O4. The van der Waals surface area contributed by atoms with Gasteiger partial charge >= 0.3 is 11.9 Å². The SMILES string of the molecule is CCOC(=O)C1(C#N)CC1.CCOC(=O)C1(CN)CC1. The van der Waals surface area contributed by atoms with Crippen LogP contribution in [0.2, 0.25) is 0 Å². The summed E-state index contributed by atoms with van der Waals surface area (Å²) in [6, 6.07) is 1.96. The molecule has 6 heteroatoms. The molecule has 0 saturated heterocycles. The summed E-state index contributed by atoms with van der Waals surface area (Å²) < 4.78 is 9.54. The third-order valence-electron chi connectivity index (χ3n) is 3.58. The average Bonchev–Trinajstić information content (AvgIpc) is 3.34. The number of carbonyl (C=O) groups is 2. The standard InChI is InChI=1S/C7H13NO2.C7H9NO2/c2*1-2-10-6(9)7(5-8)3-4-7/h2-5,8H2,1H3;2-4H2,1H3. The van der Waals surface area contributed by atoms with Gasteiger partial charge in [-0.3, -0.25) is 9.59 Å². The number of carbonyl (C=O) groups excluding carboxylic acids is 2. The number of nitriles is 1. The van der Waals surface area contributed by atoms with Crippen molar-refractivity contribution in [2.75, 3.05) is 19.8 Å². The maximum absolute atomic E-state index is 11.1. The number of hydrogen-bond acceptors (Lipinski definition) is 6. The van der Waals surface area contributed by atoms with E-state index in [4.69, 9.17) is 20.5 Å². The molecule has 0 aromatic rings. The van der Waals surface area contributed by atoms with E-state index in [1.165, 1.54) is 0 Å². The molecule has 0 unspecified atom stereocenters. The Morgan fingerprint density at radius 3 is 1.90 bits per heavy atom. The zero-order chi connectivity index (χ0) is 15.2. The molecule has 2 saturated carbocycles. The van der Waals surface area contributed by atoms with E-state index < -0.39 is 5.41 Å². The minimum Gasteiger partial charge on any atom is -0.466 e. The van der Waals surface area contributed by atoms with Gasteiger partial charge in [-0.2, -0.15) is 5.26 Å². The molecule has 0 bridgehead atoms. The van der Waals surface area contributed by atoms with Crippen LogP contribution in [0, 0.1) is 22.2 Å². The summed E-state index contributed by atoms with van der Waals surface area (Å²) in [7, 11) is 0. The molecule has 0 radical (unpaired) electrons. The molecule has 0 aromatic heterocycles. The van der Waals surface area contributed by atoms with Gasteiger partial charge < -0.3 is 15.2 Å². The molecular weight excluding hydrogens is 260 g/mol. The molecule has 2 N–H and O–H groups in total. The van der Waals surface area contributed by atoms with Gasteiger partial charge in [-0.25, -0.2) is 0 Å². The number of nitrogens with zero attached hydrogens (tertiary/aromatic N) is 1. The lowest BCUT2D eigenvalue weighted by atomic mass is 10.1. The van der Waals surface area contributed by atoms with Gasteiger partial charge in [-0.15, -0.1) is 0 Å². The summed E-state index contributed by atoms with van der Waals surface area (Å²) >= 11 is 0. The van der Waals surface area contributed by atoms with E-state index in [1.54, 1.807) is 6.92 Å². The van der Waals surface area contributed by atoms with Crippen molar-refractivity contribution in [1.29, 1.82) is 5.26 Å². The molecule has 2 rings (SSSR count). The maximum atomic E-state index is 11.1. The van der Waals surface area contributed by atoms with Gasteiger partial charge in [0, 0.05) is 6.54 Å². The van der Waals surface area contributed by atoms with E-state index in [0.29, 0.717) is 32.6 Å². The van der Waals surface area contributed by atoms with Crippen LogP contribution in [-0.4, -0.2) is 31.7 Å². The van der Waals surface area contributed by atoms with E-state index in [2.05, 4.69) is 0 Å². The number of nitrogens with two attached hydrogens (primary N) is 1. The highest BCUT2D eigenvalue weighted by Crippen LogP contribution is 2.46. The number of esters is 2. The monoisotopic (exact) mass is 282 g/mol. The molecule has 0 atom stereocenters. The van der Waals surface area contributed by atoms with Crippen molar-refractivity contribution >= 4 is 11.9 Å². The summed E-state index contributed by atoms with van der Waals surface area (Å²) in [5.41, 5.74) is 4.36. The first-order chi connectivity index (χ1) is 9.50. The minimum atomic E-state index is -0.754. The Labute approximate surface area is 119 Å². The van der Waals surface area contributed by atoms with Crippen LogP contribution in [0.5, 0.6) is 0 Å². The molecule has 0 heterocycles. The second kappa shape index (κ2) is 6.71. The van der Waals surface area contributed by atoms with Crippen molar-refractivity contribution in [1.82, 2.24) is 0 Å². The largest absolute Gasteiger partial charge is 0.466 e. The highest BCUT2D eigenvalue weighted by atomic mass is 16.5. The lowest BCUT2D eigenvalue weighted by Crippen LogP contribution is -2.27. The zero-order valence-corrected chi connectivity index (χ0v) is 12.1. The van der Waals surface area contributed by atoms with E-state index in [-0.39, 0.29) is 17.4 Å². The number of ether oxygens (including phenoxy) is 2. The van der Waals surface area contributed by atoms with E-state index in [0.717, 1.165) is 12.8 Å². The van der Waals surface area contributed by atoms with Crippen molar-refractivity contribution in [2.24, 2.45) is 16.6 Å². The Morgan fingerprint density at radius 2 is 1.60 bits per heavy atom. The van der Waals surface area contributed by atoms with Gasteiger partial charge in [0.1, 0.15) is 0 Å². The Balaban J connectivity index is 0.000000200. The van der Waals surface area contributed by atoms with Crippen molar-refractivity contribution in [3.8, 4) is 6.07 Å². The predicted molar refractivity (Wildman–Crippen MR) is 71.3 cm³/mol. The van der Waals surface area contributed by atoms with E-state index in [1.807, 2.05) is 13.0 Å². The van der Waals surface area contributed by atoms with Crippen molar-refractivity contribution in [2.45, 2.75) is 39.5 Å². The summed E-state index contributed by atoms with van der Waals surface area (Å²) in [4.78, 5) is 22.0. The fraction of sp³-hybridized carbons (Fsp3) is 0.786. The quantitative estimate of drug-likeness (QED) is 0.758. The van der Waals surface area contributed by atoms with Gasteiger partial charge in [0.2, 0.25) is 0 Å². The molecule has 2 fully saturated rings. The molecule has 6 nitrogen and oxygen atoms in total. The van der Waals surface area contributed by atoms with Crippen molar-refractivity contribution < 1.29 is 19.1 Å². The Hall–Kier alpha value is -1.61. The Morgan fingerprint density at radius 1 is 1.10 bits per heavy atom. The lowest BCUT2D eigenvalue weighted by molar-refractivity contribution is -0.149. The summed E-state index contributed by atoms with van der Waals surface area (Å²) in [5.74, 6) is -0.463. The first-order valence-electron chi connectivity index (χ1n) is 6.96. The third-order valence-corrected chi connectivity index (χ3v) is 3.58. The van der Waals surface area contributed by atoms with Crippen LogP contribution in [0.4, 0.5) is 0 Å². The van der Waals surface area contributed by atoms with Gasteiger partial charge in [0.15, 0.2) is 5.41 Å². The number of hydrogen-bond donors (Lipinski definition) is 1. The van der Waals surface area contributed by atoms with Crippen LogP contribution in [0.15, 0.2) is 0 Å². The molecule has 112 valence electrons. The van der Waals surface area contributed by atoms with Crippen LogP contribution in [0.1, 0.15) is 39.5 Å². The smallest absolute Gasteiger partial charge is 0.326 e. The maximum Gasteiger partial charge on any atom is 0.326 e. The van der Waals surface area contributed by atoms with Gasteiger partial charge in [-0.05, 0) is 39.5 Å². The van der Waals surface area contributed by atoms with Crippen LogP contribution in [0.3, 0.4) is 0 Å². The van der Waals surface area contributed by atoms with E-state index in [9.17, 15) is 9.59 Å². The third kappa shape index (κ3) is 3.70. The zero-order valence-electron chi connectivity index (χ0n) is 12.1. The van der Waals surface area contributed by atoms with Gasteiger partial charge in [0.25, 0.3) is 0 Å².